The molecule has 3 nitrogen and oxygen atoms in total. The van der Waals surface area contributed by atoms with E-state index in [1.54, 1.807) is 0 Å². The van der Waals surface area contributed by atoms with Crippen LogP contribution >= 0.6 is 11.6 Å². The van der Waals surface area contributed by atoms with Crippen molar-refractivity contribution in [3.63, 3.8) is 0 Å². The van der Waals surface area contributed by atoms with Crippen LogP contribution in [-0.2, 0) is 4.79 Å². The Morgan fingerprint density at radius 3 is 2.65 bits per heavy atom. The molecule has 4 heteroatoms. The van der Waals surface area contributed by atoms with Crippen molar-refractivity contribution in [2.24, 2.45) is 10.8 Å². The van der Waals surface area contributed by atoms with Gasteiger partial charge < -0.3 is 9.88 Å². The molecule has 162 valence electrons. The van der Waals surface area contributed by atoms with Gasteiger partial charge in [0, 0.05) is 47.0 Å². The Hall–Kier alpha value is -2.26. The minimum Gasteiger partial charge on any atom is -0.361 e. The molecule has 0 spiro atoms. The molecule has 1 aromatic heterocycles. The van der Waals surface area contributed by atoms with Crippen LogP contribution in [0.2, 0.25) is 5.02 Å². The molecule has 1 aliphatic heterocycles. The van der Waals surface area contributed by atoms with Crippen molar-refractivity contribution in [2.45, 2.75) is 58.4 Å². The molecule has 2 heterocycles. The fraction of sp³-hybridized carbons (Fsp3) is 0.444. The standard InChI is InChI=1S/C27H31ClN2O/c1-26(2)13-18-14-27(3,16-26)17-30(18)25(31)12-21(19-8-4-6-10-23(19)28)22-15-29-24-11-7-5-9-20(22)24/h4-11,15,18,21,29H,12-14,16-17H2,1-3H3/t18-,21+,27+/m0/s1. The molecule has 1 amide bonds. The summed E-state index contributed by atoms with van der Waals surface area (Å²) < 4.78 is 0. The van der Waals surface area contributed by atoms with Crippen molar-refractivity contribution in [3.8, 4) is 0 Å². The largest absolute Gasteiger partial charge is 0.361 e. The normalized spacial score (nSPS) is 25.7. The Kier molecular flexibility index (Phi) is 4.93. The lowest BCUT2D eigenvalue weighted by atomic mass is 9.65. The van der Waals surface area contributed by atoms with Crippen molar-refractivity contribution in [1.29, 1.82) is 0 Å². The van der Waals surface area contributed by atoms with E-state index in [0.717, 1.165) is 46.4 Å². The zero-order valence-corrected chi connectivity index (χ0v) is 19.4. The summed E-state index contributed by atoms with van der Waals surface area (Å²) >= 11 is 6.64. The first kappa shape index (κ1) is 20.6. The van der Waals surface area contributed by atoms with Crippen LogP contribution in [0, 0.1) is 10.8 Å². The van der Waals surface area contributed by atoms with Crippen LogP contribution in [0.3, 0.4) is 0 Å². The quantitative estimate of drug-likeness (QED) is 0.483. The number of nitrogens with one attached hydrogen (secondary N) is 1. The van der Waals surface area contributed by atoms with Gasteiger partial charge in [-0.25, -0.2) is 0 Å². The number of fused-ring (bicyclic) bond motifs is 3. The maximum absolute atomic E-state index is 13.7. The van der Waals surface area contributed by atoms with Crippen molar-refractivity contribution in [2.75, 3.05) is 6.54 Å². The summed E-state index contributed by atoms with van der Waals surface area (Å²) in [7, 11) is 0. The molecule has 2 bridgehead atoms. The number of nitrogens with zero attached hydrogens (tertiary/aromatic N) is 1. The number of carbonyl (C=O) groups excluding carboxylic acids is 1. The lowest BCUT2D eigenvalue weighted by Crippen LogP contribution is -2.38. The second kappa shape index (κ2) is 7.41. The number of H-pyrrole nitrogens is 1. The number of para-hydroxylation sites is 1. The van der Waals surface area contributed by atoms with Crippen LogP contribution in [0.25, 0.3) is 10.9 Å². The highest BCUT2D eigenvalue weighted by Gasteiger charge is 2.51. The highest BCUT2D eigenvalue weighted by atomic mass is 35.5. The summed E-state index contributed by atoms with van der Waals surface area (Å²) in [5, 5.41) is 1.88. The van der Waals surface area contributed by atoms with Gasteiger partial charge in [-0.15, -0.1) is 0 Å². The molecule has 1 saturated carbocycles. The highest BCUT2D eigenvalue weighted by molar-refractivity contribution is 6.31. The first-order chi connectivity index (χ1) is 14.7. The molecule has 2 fully saturated rings. The van der Waals surface area contributed by atoms with E-state index in [1.807, 2.05) is 24.3 Å². The van der Waals surface area contributed by atoms with Crippen molar-refractivity contribution < 1.29 is 4.79 Å². The third kappa shape index (κ3) is 3.78. The van der Waals surface area contributed by atoms with E-state index in [0.29, 0.717) is 17.9 Å². The van der Waals surface area contributed by atoms with Gasteiger partial charge in [-0.05, 0) is 53.4 Å². The van der Waals surface area contributed by atoms with Gasteiger partial charge >= 0.3 is 0 Å². The molecule has 31 heavy (non-hydrogen) atoms. The van der Waals surface area contributed by atoms with Crippen LogP contribution in [0.15, 0.2) is 54.7 Å². The van der Waals surface area contributed by atoms with E-state index in [-0.39, 0.29) is 17.2 Å². The maximum Gasteiger partial charge on any atom is 0.223 e. The lowest BCUT2D eigenvalue weighted by Gasteiger charge is -2.39. The van der Waals surface area contributed by atoms with Gasteiger partial charge in [0.2, 0.25) is 5.91 Å². The first-order valence-electron chi connectivity index (χ1n) is 11.3. The molecular formula is C27H31ClN2O. The van der Waals surface area contributed by atoms with E-state index >= 15 is 0 Å². The molecule has 2 aliphatic rings. The zero-order valence-electron chi connectivity index (χ0n) is 18.6. The second-order valence-corrected chi connectivity index (χ2v) is 11.2. The number of benzene rings is 2. The molecule has 1 aliphatic carbocycles. The average molecular weight is 435 g/mol. The van der Waals surface area contributed by atoms with Crippen LogP contribution in [0.4, 0.5) is 0 Å². The summed E-state index contributed by atoms with van der Waals surface area (Å²) in [6, 6.07) is 16.6. The van der Waals surface area contributed by atoms with E-state index in [1.165, 1.54) is 6.42 Å². The predicted octanol–water partition coefficient (Wildman–Crippen LogP) is 6.77. The number of hydrogen-bond donors (Lipinski definition) is 1. The number of halogens is 1. The molecule has 0 unspecified atom stereocenters. The minimum atomic E-state index is -0.0707. The molecular weight excluding hydrogens is 404 g/mol. The van der Waals surface area contributed by atoms with Crippen molar-refractivity contribution in [3.05, 3.63) is 70.9 Å². The van der Waals surface area contributed by atoms with Gasteiger partial charge in [0.1, 0.15) is 0 Å². The summed E-state index contributed by atoms with van der Waals surface area (Å²) in [4.78, 5) is 19.3. The van der Waals surface area contributed by atoms with Gasteiger partial charge in [0.05, 0.1) is 0 Å². The Bertz CT molecular complexity index is 1130. The van der Waals surface area contributed by atoms with Crippen LogP contribution in [-0.4, -0.2) is 28.4 Å². The van der Waals surface area contributed by atoms with Gasteiger partial charge in [-0.1, -0.05) is 68.8 Å². The van der Waals surface area contributed by atoms with E-state index in [9.17, 15) is 4.79 Å². The summed E-state index contributed by atoms with van der Waals surface area (Å²) in [5.74, 6) is 0.181. The van der Waals surface area contributed by atoms with E-state index < -0.39 is 0 Å². The predicted molar refractivity (Wildman–Crippen MR) is 127 cm³/mol. The van der Waals surface area contributed by atoms with Crippen molar-refractivity contribution in [1.82, 2.24) is 9.88 Å². The topological polar surface area (TPSA) is 36.1 Å². The maximum atomic E-state index is 13.7. The molecule has 3 aromatic rings. The minimum absolute atomic E-state index is 0.0707. The molecule has 3 atom stereocenters. The van der Waals surface area contributed by atoms with Gasteiger partial charge in [-0.3, -0.25) is 4.79 Å². The molecule has 1 saturated heterocycles. The number of likely N-dealkylation sites (tertiary alicyclic amines) is 1. The van der Waals surface area contributed by atoms with Gasteiger partial charge in [0.15, 0.2) is 0 Å². The number of aromatic amines is 1. The average Bonchev–Trinajstić information content (AvgIpc) is 3.24. The third-order valence-electron chi connectivity index (χ3n) is 7.39. The third-order valence-corrected chi connectivity index (χ3v) is 7.74. The SMILES string of the molecule is CC1(C)C[C@H]2C[C@@](C)(CN2C(=O)C[C@H](c2ccccc2Cl)c2c[nH]c3ccccc23)C1. The van der Waals surface area contributed by atoms with Crippen LogP contribution < -0.4 is 0 Å². The highest BCUT2D eigenvalue weighted by Crippen LogP contribution is 2.53. The number of amides is 1. The first-order valence-corrected chi connectivity index (χ1v) is 11.7. The molecule has 0 radical (unpaired) electrons. The Balaban J connectivity index is 1.50. The Morgan fingerprint density at radius 1 is 1.10 bits per heavy atom. The van der Waals surface area contributed by atoms with Gasteiger partial charge in [-0.2, -0.15) is 0 Å². The smallest absolute Gasteiger partial charge is 0.223 e. The van der Waals surface area contributed by atoms with Crippen LogP contribution in [0.1, 0.15) is 63.5 Å². The van der Waals surface area contributed by atoms with Crippen molar-refractivity contribution >= 4 is 28.4 Å². The number of carbonyl (C=O) groups is 1. The van der Waals surface area contributed by atoms with E-state index in [2.05, 4.69) is 61.1 Å². The second-order valence-electron chi connectivity index (χ2n) is 10.8. The summed E-state index contributed by atoms with van der Waals surface area (Å²) in [6.45, 7) is 7.94. The van der Waals surface area contributed by atoms with E-state index in [4.69, 9.17) is 11.6 Å². The lowest BCUT2D eigenvalue weighted by molar-refractivity contribution is -0.132. The summed E-state index contributed by atoms with van der Waals surface area (Å²) in [5.41, 5.74) is 3.80. The molecule has 5 rings (SSSR count). The Labute approximate surface area is 189 Å². The molecule has 2 aromatic carbocycles. The fourth-order valence-corrected chi connectivity index (χ4v) is 6.84. The summed E-state index contributed by atoms with van der Waals surface area (Å²) in [6.07, 6.45) is 5.91. The number of hydrogen-bond acceptors (Lipinski definition) is 1. The Morgan fingerprint density at radius 2 is 1.84 bits per heavy atom. The monoisotopic (exact) mass is 434 g/mol. The number of rotatable bonds is 4. The zero-order chi connectivity index (χ0) is 21.8. The number of aromatic nitrogens is 1. The molecule has 1 N–H and O–H groups in total. The fourth-order valence-electron chi connectivity index (χ4n) is 6.57. The van der Waals surface area contributed by atoms with Gasteiger partial charge in [0.25, 0.3) is 0 Å². The van der Waals surface area contributed by atoms with Crippen LogP contribution in [0.5, 0.6) is 0 Å².